The third kappa shape index (κ3) is 3.60. The first kappa shape index (κ1) is 13.7. The fourth-order valence-corrected chi connectivity index (χ4v) is 5.06. The molecule has 2 nitrogen and oxygen atoms in total. The van der Waals surface area contributed by atoms with E-state index in [0.29, 0.717) is 0 Å². The van der Waals surface area contributed by atoms with Crippen LogP contribution in [0.2, 0.25) is 0 Å². The van der Waals surface area contributed by atoms with Crippen LogP contribution in [0.1, 0.15) is 0 Å². The summed E-state index contributed by atoms with van der Waals surface area (Å²) in [7, 11) is 0. The van der Waals surface area contributed by atoms with Crippen LogP contribution >= 0.6 is 67.8 Å². The van der Waals surface area contributed by atoms with Gasteiger partial charge in [-0.05, 0) is 104 Å². The van der Waals surface area contributed by atoms with Gasteiger partial charge in [0.05, 0.1) is 7.14 Å². The molecular formula is C12H7I3O2. The molecule has 0 spiro atoms. The van der Waals surface area contributed by atoms with Crippen LogP contribution in [0, 0.1) is 10.7 Å². The first-order chi connectivity index (χ1) is 8.06. The van der Waals surface area contributed by atoms with Crippen LogP contribution in [-0.4, -0.2) is 5.11 Å². The Bertz CT molecular complexity index is 515. The average Bonchev–Trinajstić information content (AvgIpc) is 2.26. The van der Waals surface area contributed by atoms with E-state index >= 15 is 0 Å². The van der Waals surface area contributed by atoms with E-state index in [1.54, 1.807) is 24.3 Å². The SMILES string of the molecule is Oc1ccc(Oc2c(I)cc(I)cc2I)cc1. The number of phenolic OH excluding ortho intramolecular Hbond substituents is 1. The largest absolute Gasteiger partial charge is 0.508 e. The predicted octanol–water partition coefficient (Wildman–Crippen LogP) is 5.00. The van der Waals surface area contributed by atoms with Crippen molar-refractivity contribution in [2.75, 3.05) is 0 Å². The topological polar surface area (TPSA) is 29.5 Å². The molecule has 0 amide bonds. The van der Waals surface area contributed by atoms with Crippen molar-refractivity contribution in [3.05, 3.63) is 47.1 Å². The van der Waals surface area contributed by atoms with Crippen LogP contribution in [0.5, 0.6) is 17.2 Å². The minimum Gasteiger partial charge on any atom is -0.508 e. The van der Waals surface area contributed by atoms with Crippen molar-refractivity contribution >= 4 is 67.8 Å². The quantitative estimate of drug-likeness (QED) is 0.522. The number of aromatic hydroxyl groups is 1. The van der Waals surface area contributed by atoms with Gasteiger partial charge in [-0.1, -0.05) is 0 Å². The Morgan fingerprint density at radius 1 is 0.882 bits per heavy atom. The van der Waals surface area contributed by atoms with Crippen LogP contribution < -0.4 is 4.74 Å². The second kappa shape index (κ2) is 5.91. The zero-order chi connectivity index (χ0) is 12.4. The maximum Gasteiger partial charge on any atom is 0.154 e. The first-order valence-electron chi connectivity index (χ1n) is 4.67. The van der Waals surface area contributed by atoms with Gasteiger partial charge in [-0.2, -0.15) is 0 Å². The van der Waals surface area contributed by atoms with Crippen molar-refractivity contribution in [1.82, 2.24) is 0 Å². The third-order valence-corrected chi connectivity index (χ3v) is 4.25. The van der Waals surface area contributed by atoms with E-state index in [4.69, 9.17) is 4.74 Å². The number of phenols is 1. The highest BCUT2D eigenvalue weighted by molar-refractivity contribution is 14.1. The summed E-state index contributed by atoms with van der Waals surface area (Å²) in [5.74, 6) is 1.82. The maximum absolute atomic E-state index is 9.21. The number of benzene rings is 2. The Morgan fingerprint density at radius 3 is 1.94 bits per heavy atom. The normalized spacial score (nSPS) is 10.3. The Morgan fingerprint density at radius 2 is 1.41 bits per heavy atom. The van der Waals surface area contributed by atoms with Crippen molar-refractivity contribution in [2.24, 2.45) is 0 Å². The van der Waals surface area contributed by atoms with Crippen LogP contribution in [0.4, 0.5) is 0 Å². The van der Waals surface area contributed by atoms with Gasteiger partial charge < -0.3 is 9.84 Å². The van der Waals surface area contributed by atoms with Gasteiger partial charge in [-0.25, -0.2) is 0 Å². The van der Waals surface area contributed by atoms with E-state index in [0.717, 1.165) is 18.6 Å². The summed E-state index contributed by atoms with van der Waals surface area (Å²) in [5, 5.41) is 9.21. The minimum atomic E-state index is 0.240. The van der Waals surface area contributed by atoms with Crippen molar-refractivity contribution in [1.29, 1.82) is 0 Å². The number of ether oxygens (including phenoxy) is 1. The second-order valence-electron chi connectivity index (χ2n) is 3.29. The maximum atomic E-state index is 9.21. The molecule has 0 bridgehead atoms. The molecule has 17 heavy (non-hydrogen) atoms. The van der Waals surface area contributed by atoms with Crippen molar-refractivity contribution in [2.45, 2.75) is 0 Å². The Balaban J connectivity index is 2.33. The Kier molecular flexibility index (Phi) is 4.75. The lowest BCUT2D eigenvalue weighted by Crippen LogP contribution is -1.91. The third-order valence-electron chi connectivity index (χ3n) is 2.02. The number of halogens is 3. The standard InChI is InChI=1S/C12H7I3O2/c13-7-5-10(14)12(11(15)6-7)17-9-3-1-8(16)2-4-9/h1-6,16H. The molecule has 88 valence electrons. The molecule has 2 aromatic carbocycles. The molecule has 0 unspecified atom stereocenters. The summed E-state index contributed by atoms with van der Waals surface area (Å²) < 4.78 is 9.16. The summed E-state index contributed by atoms with van der Waals surface area (Å²) in [6, 6.07) is 10.9. The zero-order valence-electron chi connectivity index (χ0n) is 8.45. The lowest BCUT2D eigenvalue weighted by molar-refractivity contribution is 0.461. The van der Waals surface area contributed by atoms with Gasteiger partial charge in [-0.15, -0.1) is 0 Å². The van der Waals surface area contributed by atoms with E-state index < -0.39 is 0 Å². The van der Waals surface area contributed by atoms with Crippen LogP contribution in [-0.2, 0) is 0 Å². The summed E-state index contributed by atoms with van der Waals surface area (Å²) in [4.78, 5) is 0. The predicted molar refractivity (Wildman–Crippen MR) is 92.8 cm³/mol. The molecule has 0 saturated heterocycles. The van der Waals surface area contributed by atoms with Gasteiger partial charge in [0, 0.05) is 3.57 Å². The van der Waals surface area contributed by atoms with Crippen molar-refractivity contribution in [3.63, 3.8) is 0 Å². The average molecular weight is 564 g/mol. The molecule has 0 fully saturated rings. The smallest absolute Gasteiger partial charge is 0.154 e. The summed E-state index contributed by atoms with van der Waals surface area (Å²) in [6.07, 6.45) is 0. The summed E-state index contributed by atoms with van der Waals surface area (Å²) in [6.45, 7) is 0. The molecule has 2 rings (SSSR count). The Labute approximate surface area is 140 Å². The van der Waals surface area contributed by atoms with Crippen LogP contribution in [0.15, 0.2) is 36.4 Å². The molecule has 1 N–H and O–H groups in total. The van der Waals surface area contributed by atoms with Gasteiger partial charge in [0.25, 0.3) is 0 Å². The highest BCUT2D eigenvalue weighted by Gasteiger charge is 2.09. The molecule has 0 aliphatic heterocycles. The molecular weight excluding hydrogens is 557 g/mol. The molecule has 0 radical (unpaired) electrons. The summed E-state index contributed by atoms with van der Waals surface area (Å²) in [5.41, 5.74) is 0. The van der Waals surface area contributed by atoms with Crippen LogP contribution in [0.25, 0.3) is 0 Å². The van der Waals surface area contributed by atoms with Crippen molar-refractivity contribution < 1.29 is 9.84 Å². The monoisotopic (exact) mass is 564 g/mol. The van der Waals surface area contributed by atoms with E-state index in [1.165, 1.54) is 3.57 Å². The lowest BCUT2D eigenvalue weighted by atomic mass is 10.3. The number of hydrogen-bond acceptors (Lipinski definition) is 2. The molecule has 0 saturated carbocycles. The molecule has 0 aromatic heterocycles. The van der Waals surface area contributed by atoms with E-state index in [-0.39, 0.29) is 5.75 Å². The fourth-order valence-electron chi connectivity index (χ4n) is 1.26. The van der Waals surface area contributed by atoms with Gasteiger partial charge in [-0.3, -0.25) is 0 Å². The van der Waals surface area contributed by atoms with E-state index in [1.807, 2.05) is 0 Å². The Hall–Kier alpha value is 0.230. The molecule has 5 heteroatoms. The fraction of sp³-hybridized carbons (Fsp3) is 0. The van der Waals surface area contributed by atoms with Gasteiger partial charge in [0.2, 0.25) is 0 Å². The molecule has 2 aromatic rings. The molecule has 0 heterocycles. The minimum absolute atomic E-state index is 0.240. The first-order valence-corrected chi connectivity index (χ1v) is 7.91. The summed E-state index contributed by atoms with van der Waals surface area (Å²) >= 11 is 6.81. The van der Waals surface area contributed by atoms with Gasteiger partial charge in [0.1, 0.15) is 11.5 Å². The van der Waals surface area contributed by atoms with Gasteiger partial charge in [0.15, 0.2) is 5.75 Å². The number of rotatable bonds is 2. The van der Waals surface area contributed by atoms with Crippen LogP contribution in [0.3, 0.4) is 0 Å². The molecule has 0 atom stereocenters. The second-order valence-corrected chi connectivity index (χ2v) is 6.86. The highest BCUT2D eigenvalue weighted by atomic mass is 127. The molecule has 0 aliphatic carbocycles. The molecule has 0 aliphatic rings. The van der Waals surface area contributed by atoms with Gasteiger partial charge >= 0.3 is 0 Å². The van der Waals surface area contributed by atoms with E-state index in [2.05, 4.69) is 79.9 Å². The number of hydrogen-bond donors (Lipinski definition) is 1. The lowest BCUT2D eigenvalue weighted by Gasteiger charge is -2.10. The van der Waals surface area contributed by atoms with E-state index in [9.17, 15) is 5.11 Å². The van der Waals surface area contributed by atoms with Crippen molar-refractivity contribution in [3.8, 4) is 17.2 Å². The zero-order valence-corrected chi connectivity index (χ0v) is 14.9. The highest BCUT2D eigenvalue weighted by Crippen LogP contribution is 2.33.